The number of ether oxygens (including phenoxy) is 1. The van der Waals surface area contributed by atoms with Gasteiger partial charge in [0.05, 0.1) is 6.42 Å². The first-order valence-electron chi connectivity index (χ1n) is 15.6. The normalized spacial score (nSPS) is 16.9. The second kappa shape index (κ2) is 14.6. The van der Waals surface area contributed by atoms with Crippen molar-refractivity contribution in [2.45, 2.75) is 76.4 Å². The second-order valence-electron chi connectivity index (χ2n) is 12.2. The van der Waals surface area contributed by atoms with Crippen molar-refractivity contribution in [1.82, 2.24) is 15.1 Å². The molecule has 4 rings (SSSR count). The number of nitrogens with zero attached hydrogens (tertiary/aromatic N) is 2. The maximum Gasteiger partial charge on any atom is 0.407 e. The minimum absolute atomic E-state index is 0.0747. The number of carboxylic acids is 2. The van der Waals surface area contributed by atoms with E-state index in [-0.39, 0.29) is 24.4 Å². The molecule has 0 spiro atoms. The summed E-state index contributed by atoms with van der Waals surface area (Å²) in [6.07, 6.45) is 2.05. The Labute approximate surface area is 263 Å². The Morgan fingerprint density at radius 2 is 1.44 bits per heavy atom. The molecule has 2 aliphatic rings. The van der Waals surface area contributed by atoms with E-state index >= 15 is 0 Å². The number of carbonyl (C=O) groups excluding carboxylic acids is 3. The molecule has 0 heterocycles. The van der Waals surface area contributed by atoms with Crippen molar-refractivity contribution < 1.29 is 38.9 Å². The minimum atomic E-state index is -1.59. The van der Waals surface area contributed by atoms with Crippen molar-refractivity contribution in [3.8, 4) is 11.1 Å². The number of hydrogen-bond donors (Lipinski definition) is 3. The van der Waals surface area contributed by atoms with E-state index in [0.29, 0.717) is 19.3 Å². The van der Waals surface area contributed by atoms with E-state index in [1.54, 1.807) is 0 Å². The molecule has 1 unspecified atom stereocenters. The van der Waals surface area contributed by atoms with Gasteiger partial charge >= 0.3 is 18.0 Å². The molecule has 242 valence electrons. The van der Waals surface area contributed by atoms with E-state index in [2.05, 4.69) is 5.32 Å². The van der Waals surface area contributed by atoms with Crippen LogP contribution >= 0.6 is 0 Å². The molecular formula is C34H43N3O8. The van der Waals surface area contributed by atoms with Crippen LogP contribution < -0.4 is 5.32 Å². The maximum absolute atomic E-state index is 14.0. The third-order valence-electron chi connectivity index (χ3n) is 9.43. The van der Waals surface area contributed by atoms with Gasteiger partial charge < -0.3 is 30.1 Å². The van der Waals surface area contributed by atoms with Crippen LogP contribution in [0, 0.1) is 11.8 Å². The van der Waals surface area contributed by atoms with Crippen LogP contribution in [0.4, 0.5) is 4.79 Å². The van der Waals surface area contributed by atoms with Gasteiger partial charge in [-0.2, -0.15) is 0 Å². The topological polar surface area (TPSA) is 154 Å². The number of nitrogens with one attached hydrogen (secondary N) is 1. The van der Waals surface area contributed by atoms with E-state index in [1.807, 2.05) is 62.4 Å². The molecule has 0 bridgehead atoms. The van der Waals surface area contributed by atoms with Crippen molar-refractivity contribution in [3.05, 3.63) is 59.7 Å². The number of aliphatic carboxylic acids is 2. The first kappa shape index (κ1) is 33.5. The van der Waals surface area contributed by atoms with Crippen molar-refractivity contribution >= 4 is 29.8 Å². The summed E-state index contributed by atoms with van der Waals surface area (Å²) < 4.78 is 5.72. The van der Waals surface area contributed by atoms with Crippen LogP contribution in [0.15, 0.2) is 48.5 Å². The average Bonchev–Trinajstić information content (AvgIpc) is 3.67. The summed E-state index contributed by atoms with van der Waals surface area (Å²) in [6.45, 7) is 3.79. The predicted octanol–water partition coefficient (Wildman–Crippen LogP) is 4.34. The highest BCUT2D eigenvalue weighted by Gasteiger charge is 2.43. The lowest BCUT2D eigenvalue weighted by molar-refractivity contribution is -0.157. The highest BCUT2D eigenvalue weighted by Crippen LogP contribution is 2.44. The average molecular weight is 622 g/mol. The minimum Gasteiger partial charge on any atom is -0.481 e. The number of carbonyl (C=O) groups is 5. The van der Waals surface area contributed by atoms with Gasteiger partial charge in [-0.15, -0.1) is 0 Å². The van der Waals surface area contributed by atoms with Gasteiger partial charge in [0, 0.05) is 20.0 Å². The van der Waals surface area contributed by atoms with Gasteiger partial charge in [0.1, 0.15) is 24.7 Å². The van der Waals surface area contributed by atoms with Gasteiger partial charge in [-0.05, 0) is 46.9 Å². The van der Waals surface area contributed by atoms with Gasteiger partial charge in [0.15, 0.2) is 0 Å². The highest BCUT2D eigenvalue weighted by molar-refractivity contribution is 5.94. The summed E-state index contributed by atoms with van der Waals surface area (Å²) in [5, 5.41) is 21.7. The fraction of sp³-hybridized carbons (Fsp3) is 0.500. The van der Waals surface area contributed by atoms with Crippen LogP contribution in [0.3, 0.4) is 0 Å². The highest BCUT2D eigenvalue weighted by atomic mass is 16.5. The molecule has 4 atom stereocenters. The number of alkyl carbamates (subject to hydrolysis) is 1. The monoisotopic (exact) mass is 621 g/mol. The molecule has 0 saturated heterocycles. The third kappa shape index (κ3) is 7.29. The Balaban J connectivity index is 1.51. The third-order valence-corrected chi connectivity index (χ3v) is 9.43. The SMILES string of the molecule is CC[C@H](C)[C@H](NC(=O)OCC1c2ccccc2-c2ccccc21)C(=O)N(C)C(C(=O)N(C)[C@@H](CC(=O)O)C(=O)O)C1CCCC1. The molecule has 0 aromatic heterocycles. The van der Waals surface area contributed by atoms with Gasteiger partial charge in [-0.3, -0.25) is 14.4 Å². The van der Waals surface area contributed by atoms with Crippen molar-refractivity contribution in [2.24, 2.45) is 11.8 Å². The fourth-order valence-electron chi connectivity index (χ4n) is 6.68. The number of benzene rings is 2. The molecular weight excluding hydrogens is 578 g/mol. The number of carboxylic acid groups (broad SMARTS) is 2. The molecule has 2 aromatic carbocycles. The van der Waals surface area contributed by atoms with Gasteiger partial charge in [0.25, 0.3) is 0 Å². The van der Waals surface area contributed by atoms with Crippen molar-refractivity contribution in [2.75, 3.05) is 20.7 Å². The van der Waals surface area contributed by atoms with Crippen LogP contribution in [-0.4, -0.2) is 88.7 Å². The lowest BCUT2D eigenvalue weighted by Gasteiger charge is -2.38. The maximum atomic E-state index is 14.0. The second-order valence-corrected chi connectivity index (χ2v) is 12.2. The van der Waals surface area contributed by atoms with Crippen LogP contribution in [-0.2, 0) is 23.9 Å². The van der Waals surface area contributed by atoms with E-state index < -0.39 is 54.4 Å². The van der Waals surface area contributed by atoms with Crippen LogP contribution in [0.5, 0.6) is 0 Å². The first-order valence-corrected chi connectivity index (χ1v) is 15.6. The number of amides is 3. The summed E-state index contributed by atoms with van der Waals surface area (Å²) in [6, 6.07) is 12.3. The molecule has 0 aliphatic heterocycles. The molecule has 11 nitrogen and oxygen atoms in total. The molecule has 1 fully saturated rings. The summed E-state index contributed by atoms with van der Waals surface area (Å²) in [5.74, 6) is -4.64. The standard InChI is InChI=1S/C34H43N3O8/c1-5-20(2)29(35-34(44)45-19-26-24-16-10-8-14-22(24)23-15-9-11-17-25(23)26)31(40)37(4)30(21-12-6-7-13-21)32(41)36(3)27(33(42)43)18-28(38)39/h8-11,14-17,20-21,26-27,29-30H,5-7,12-13,18-19H2,1-4H3,(H,35,44)(H,38,39)(H,42,43)/t20-,27-,29-,30?/m0/s1. The van der Waals surface area contributed by atoms with Gasteiger partial charge in [0.2, 0.25) is 11.8 Å². The van der Waals surface area contributed by atoms with Gasteiger partial charge in [-0.1, -0.05) is 81.6 Å². The van der Waals surface area contributed by atoms with Gasteiger partial charge in [-0.25, -0.2) is 9.59 Å². The van der Waals surface area contributed by atoms with Crippen molar-refractivity contribution in [1.29, 1.82) is 0 Å². The number of likely N-dealkylation sites (N-methyl/N-ethyl adjacent to an activating group) is 2. The van der Waals surface area contributed by atoms with Crippen LogP contribution in [0.2, 0.25) is 0 Å². The predicted molar refractivity (Wildman–Crippen MR) is 166 cm³/mol. The Morgan fingerprint density at radius 3 is 1.96 bits per heavy atom. The zero-order chi connectivity index (χ0) is 32.8. The molecule has 3 N–H and O–H groups in total. The zero-order valence-electron chi connectivity index (χ0n) is 26.3. The largest absolute Gasteiger partial charge is 0.481 e. The lowest BCUT2D eigenvalue weighted by Crippen LogP contribution is -2.59. The molecule has 0 radical (unpaired) electrons. The Hall–Kier alpha value is -4.41. The number of hydrogen-bond acceptors (Lipinski definition) is 6. The Kier molecular flexibility index (Phi) is 10.8. The fourth-order valence-corrected chi connectivity index (χ4v) is 6.68. The van der Waals surface area contributed by atoms with E-state index in [4.69, 9.17) is 4.74 Å². The summed E-state index contributed by atoms with van der Waals surface area (Å²) in [7, 11) is 2.74. The molecule has 1 saturated carbocycles. The zero-order valence-corrected chi connectivity index (χ0v) is 26.3. The number of fused-ring (bicyclic) bond motifs is 3. The number of rotatable bonds is 13. The van der Waals surface area contributed by atoms with Crippen LogP contribution in [0.1, 0.15) is 69.4 Å². The van der Waals surface area contributed by atoms with E-state index in [1.165, 1.54) is 19.0 Å². The Bertz CT molecular complexity index is 1380. The smallest absolute Gasteiger partial charge is 0.407 e. The Morgan fingerprint density at radius 1 is 0.889 bits per heavy atom. The molecule has 45 heavy (non-hydrogen) atoms. The summed E-state index contributed by atoms with van der Waals surface area (Å²) in [5.41, 5.74) is 4.31. The van der Waals surface area contributed by atoms with E-state index in [0.717, 1.165) is 40.0 Å². The molecule has 11 heteroatoms. The molecule has 2 aromatic rings. The van der Waals surface area contributed by atoms with E-state index in [9.17, 15) is 34.2 Å². The molecule has 2 aliphatic carbocycles. The summed E-state index contributed by atoms with van der Waals surface area (Å²) >= 11 is 0. The van der Waals surface area contributed by atoms with Crippen LogP contribution in [0.25, 0.3) is 11.1 Å². The summed E-state index contributed by atoms with van der Waals surface area (Å²) in [4.78, 5) is 66.5. The quantitative estimate of drug-likeness (QED) is 0.299. The van der Waals surface area contributed by atoms with Crippen molar-refractivity contribution in [3.63, 3.8) is 0 Å². The lowest BCUT2D eigenvalue weighted by atomic mass is 9.92. The molecule has 3 amide bonds. The first-order chi connectivity index (χ1) is 21.5.